The minimum absolute atomic E-state index is 0.382. The van der Waals surface area contributed by atoms with Gasteiger partial charge in [0.05, 0.1) is 18.5 Å². The molecule has 0 aliphatic heterocycles. The number of imide groups is 1. The van der Waals surface area contributed by atoms with Crippen LogP contribution < -0.4 is 16.8 Å². The molecule has 0 aliphatic rings. The monoisotopic (exact) mass is 217 g/mol. The maximum Gasteiger partial charge on any atom is 0.305 e. The molecule has 0 aromatic carbocycles. The molecule has 2 amide bonds. The van der Waals surface area contributed by atoms with E-state index in [-0.39, 0.29) is 0 Å². The Hall–Kier alpha value is -1.47. The second-order valence-electron chi connectivity index (χ2n) is 3.07. The van der Waals surface area contributed by atoms with Crippen LogP contribution in [0.3, 0.4) is 0 Å². The second kappa shape index (κ2) is 6.10. The van der Waals surface area contributed by atoms with Gasteiger partial charge in [-0.3, -0.25) is 19.7 Å². The van der Waals surface area contributed by atoms with E-state index in [0.29, 0.717) is 6.42 Å². The zero-order chi connectivity index (χ0) is 12.0. The lowest BCUT2D eigenvalue weighted by molar-refractivity contribution is -0.140. The van der Waals surface area contributed by atoms with Crippen molar-refractivity contribution >= 4 is 17.8 Å². The number of nitrogens with two attached hydrogens (primary N) is 2. The molecule has 7 heteroatoms. The van der Waals surface area contributed by atoms with Crippen LogP contribution in [-0.4, -0.2) is 35.0 Å². The Morgan fingerprint density at radius 3 is 2.07 bits per heavy atom. The topological polar surface area (TPSA) is 136 Å². The third kappa shape index (κ3) is 5.08. The van der Waals surface area contributed by atoms with Crippen LogP contribution in [0.15, 0.2) is 0 Å². The summed E-state index contributed by atoms with van der Waals surface area (Å²) in [6.07, 6.45) is -0.145. The number of carboxylic acids is 1. The Morgan fingerprint density at radius 2 is 1.67 bits per heavy atom. The van der Waals surface area contributed by atoms with Gasteiger partial charge < -0.3 is 16.6 Å². The highest BCUT2D eigenvalue weighted by atomic mass is 16.4. The Morgan fingerprint density at radius 1 is 1.20 bits per heavy atom. The summed E-state index contributed by atoms with van der Waals surface area (Å²) in [5, 5.41) is 10.3. The SMILES string of the molecule is CCC(N)C(=O)NC(=O)C(N)CC(=O)O. The first-order chi connectivity index (χ1) is 6.88. The zero-order valence-electron chi connectivity index (χ0n) is 8.40. The predicted octanol–water partition coefficient (Wildman–Crippen LogP) is -1.83. The first kappa shape index (κ1) is 13.5. The first-order valence-electron chi connectivity index (χ1n) is 4.46. The fourth-order valence-electron chi connectivity index (χ4n) is 0.773. The van der Waals surface area contributed by atoms with Gasteiger partial charge in [-0.05, 0) is 6.42 Å². The highest BCUT2D eigenvalue weighted by Crippen LogP contribution is 1.90. The highest BCUT2D eigenvalue weighted by molar-refractivity contribution is 6.00. The van der Waals surface area contributed by atoms with E-state index in [2.05, 4.69) is 0 Å². The molecule has 0 radical (unpaired) electrons. The van der Waals surface area contributed by atoms with E-state index >= 15 is 0 Å². The number of nitrogens with one attached hydrogen (secondary N) is 1. The van der Waals surface area contributed by atoms with Gasteiger partial charge in [0.15, 0.2) is 0 Å². The molecule has 2 unspecified atom stereocenters. The molecule has 6 N–H and O–H groups in total. The summed E-state index contributed by atoms with van der Waals surface area (Å²) in [7, 11) is 0. The molecule has 0 aliphatic carbocycles. The molecule has 0 saturated heterocycles. The van der Waals surface area contributed by atoms with E-state index in [4.69, 9.17) is 16.6 Å². The number of carboxylic acid groups (broad SMARTS) is 1. The quantitative estimate of drug-likeness (QED) is 0.427. The van der Waals surface area contributed by atoms with Crippen molar-refractivity contribution in [3.05, 3.63) is 0 Å². The fraction of sp³-hybridized carbons (Fsp3) is 0.625. The Bertz CT molecular complexity index is 267. The molecule has 7 nitrogen and oxygen atoms in total. The molecule has 2 atom stereocenters. The van der Waals surface area contributed by atoms with Crippen molar-refractivity contribution in [2.75, 3.05) is 0 Å². The summed E-state index contributed by atoms with van der Waals surface area (Å²) in [5.74, 6) is -2.68. The van der Waals surface area contributed by atoms with E-state index in [9.17, 15) is 14.4 Å². The minimum atomic E-state index is -1.24. The Balaban J connectivity index is 4.13. The van der Waals surface area contributed by atoms with Crippen LogP contribution in [-0.2, 0) is 14.4 Å². The zero-order valence-corrected chi connectivity index (χ0v) is 8.40. The second-order valence-corrected chi connectivity index (χ2v) is 3.07. The van der Waals surface area contributed by atoms with Gasteiger partial charge in [0.25, 0.3) is 0 Å². The number of carbonyl (C=O) groups excluding carboxylic acids is 2. The average molecular weight is 217 g/mol. The third-order valence-electron chi connectivity index (χ3n) is 1.75. The fourth-order valence-corrected chi connectivity index (χ4v) is 0.773. The highest BCUT2D eigenvalue weighted by Gasteiger charge is 2.21. The van der Waals surface area contributed by atoms with Gasteiger partial charge in [0, 0.05) is 0 Å². The summed E-state index contributed by atoms with van der Waals surface area (Å²) >= 11 is 0. The molecule has 86 valence electrons. The number of rotatable bonds is 5. The van der Waals surface area contributed by atoms with Gasteiger partial charge in [-0.25, -0.2) is 0 Å². The van der Waals surface area contributed by atoms with Gasteiger partial charge in [0.1, 0.15) is 0 Å². The molecule has 0 rings (SSSR count). The van der Waals surface area contributed by atoms with Crippen molar-refractivity contribution in [2.24, 2.45) is 11.5 Å². The Labute approximate surface area is 86.8 Å². The summed E-state index contributed by atoms with van der Waals surface area (Å²) in [6.45, 7) is 1.69. The summed E-state index contributed by atoms with van der Waals surface area (Å²) in [5.41, 5.74) is 10.6. The lowest BCUT2D eigenvalue weighted by Gasteiger charge is -2.11. The first-order valence-corrected chi connectivity index (χ1v) is 4.46. The molecule has 0 bridgehead atoms. The molecule has 0 spiro atoms. The summed E-state index contributed by atoms with van der Waals surface area (Å²) in [6, 6.07) is -2.03. The van der Waals surface area contributed by atoms with Crippen molar-refractivity contribution in [1.29, 1.82) is 0 Å². The number of hydrogen-bond acceptors (Lipinski definition) is 5. The molecule has 0 saturated carbocycles. The standard InChI is InChI=1S/C8H15N3O4/c1-2-4(9)7(14)11-8(15)5(10)3-6(12)13/h4-5H,2-3,9-10H2,1H3,(H,12,13)(H,11,14,15). The van der Waals surface area contributed by atoms with Crippen molar-refractivity contribution < 1.29 is 19.5 Å². The van der Waals surface area contributed by atoms with E-state index < -0.39 is 36.3 Å². The van der Waals surface area contributed by atoms with Crippen LogP contribution in [0.1, 0.15) is 19.8 Å². The number of amides is 2. The molecular weight excluding hydrogens is 202 g/mol. The van der Waals surface area contributed by atoms with Gasteiger partial charge in [-0.1, -0.05) is 6.92 Å². The van der Waals surface area contributed by atoms with E-state index in [1.807, 2.05) is 5.32 Å². The van der Waals surface area contributed by atoms with Crippen LogP contribution in [0.4, 0.5) is 0 Å². The number of aliphatic carboxylic acids is 1. The van der Waals surface area contributed by atoms with Crippen molar-refractivity contribution in [1.82, 2.24) is 5.32 Å². The third-order valence-corrected chi connectivity index (χ3v) is 1.75. The predicted molar refractivity (Wildman–Crippen MR) is 51.6 cm³/mol. The van der Waals surface area contributed by atoms with Crippen LogP contribution in [0.5, 0.6) is 0 Å². The lowest BCUT2D eigenvalue weighted by Crippen LogP contribution is -2.49. The van der Waals surface area contributed by atoms with Gasteiger partial charge in [0.2, 0.25) is 11.8 Å². The lowest BCUT2D eigenvalue weighted by atomic mass is 10.2. The van der Waals surface area contributed by atoms with Crippen LogP contribution >= 0.6 is 0 Å². The van der Waals surface area contributed by atoms with Crippen molar-refractivity contribution in [3.8, 4) is 0 Å². The molecule has 0 aromatic rings. The average Bonchev–Trinajstić information content (AvgIpc) is 2.15. The minimum Gasteiger partial charge on any atom is -0.481 e. The molecule has 0 aromatic heterocycles. The maximum absolute atomic E-state index is 11.1. The summed E-state index contributed by atoms with van der Waals surface area (Å²) < 4.78 is 0. The molecular formula is C8H15N3O4. The van der Waals surface area contributed by atoms with E-state index in [1.54, 1.807) is 6.92 Å². The number of carbonyl (C=O) groups is 3. The number of hydrogen-bond donors (Lipinski definition) is 4. The normalized spacial score (nSPS) is 14.1. The van der Waals surface area contributed by atoms with Gasteiger partial charge in [-0.15, -0.1) is 0 Å². The largest absolute Gasteiger partial charge is 0.481 e. The van der Waals surface area contributed by atoms with Gasteiger partial charge in [-0.2, -0.15) is 0 Å². The maximum atomic E-state index is 11.1. The van der Waals surface area contributed by atoms with Crippen LogP contribution in [0.2, 0.25) is 0 Å². The molecule has 0 heterocycles. The Kier molecular flexibility index (Phi) is 5.50. The van der Waals surface area contributed by atoms with Crippen molar-refractivity contribution in [2.45, 2.75) is 31.8 Å². The van der Waals surface area contributed by atoms with Crippen LogP contribution in [0, 0.1) is 0 Å². The molecule has 0 fully saturated rings. The molecule has 15 heavy (non-hydrogen) atoms. The summed E-state index contributed by atoms with van der Waals surface area (Å²) in [4.78, 5) is 32.5. The van der Waals surface area contributed by atoms with E-state index in [1.165, 1.54) is 0 Å². The van der Waals surface area contributed by atoms with Gasteiger partial charge >= 0.3 is 5.97 Å². The van der Waals surface area contributed by atoms with Crippen molar-refractivity contribution in [3.63, 3.8) is 0 Å². The van der Waals surface area contributed by atoms with E-state index in [0.717, 1.165) is 0 Å². The smallest absolute Gasteiger partial charge is 0.305 e. The van der Waals surface area contributed by atoms with Crippen LogP contribution in [0.25, 0.3) is 0 Å².